The quantitative estimate of drug-likeness (QED) is 0.769. The highest BCUT2D eigenvalue weighted by molar-refractivity contribution is 6.41. The van der Waals surface area contributed by atoms with Gasteiger partial charge >= 0.3 is 0 Å². The minimum absolute atomic E-state index is 0.235. The number of hydrogen-bond donors (Lipinski definition) is 0. The lowest BCUT2D eigenvalue weighted by Crippen LogP contribution is -2.04. The van der Waals surface area contributed by atoms with Crippen LogP contribution >= 0.6 is 23.2 Å². The zero-order valence-corrected chi connectivity index (χ0v) is 12.6. The Labute approximate surface area is 132 Å². The van der Waals surface area contributed by atoms with Crippen molar-refractivity contribution in [3.05, 3.63) is 57.6 Å². The highest BCUT2D eigenvalue weighted by Gasteiger charge is 2.19. The van der Waals surface area contributed by atoms with E-state index in [0.29, 0.717) is 45.9 Å². The molecule has 1 heterocycles. The van der Waals surface area contributed by atoms with Crippen LogP contribution in [-0.2, 0) is 0 Å². The molecule has 0 unspecified atom stereocenters. The Morgan fingerprint density at radius 3 is 2.33 bits per heavy atom. The maximum absolute atomic E-state index is 12.6. The monoisotopic (exact) mass is 322 g/mol. The maximum atomic E-state index is 12.6. The largest absolute Gasteiger partial charge is 0.490 e. The molecule has 1 aliphatic rings. The van der Waals surface area contributed by atoms with Crippen molar-refractivity contribution >= 4 is 29.0 Å². The van der Waals surface area contributed by atoms with Gasteiger partial charge in [0.2, 0.25) is 0 Å². The summed E-state index contributed by atoms with van der Waals surface area (Å²) in [6, 6.07) is 10.1. The Hall–Kier alpha value is -1.71. The van der Waals surface area contributed by atoms with Crippen LogP contribution in [0.2, 0.25) is 10.0 Å². The second-order valence-electron chi connectivity index (χ2n) is 4.64. The van der Waals surface area contributed by atoms with Crippen molar-refractivity contribution in [1.82, 2.24) is 0 Å². The normalized spacial score (nSPS) is 13.6. The van der Waals surface area contributed by atoms with Crippen molar-refractivity contribution in [3.63, 3.8) is 0 Å². The number of carbonyl (C=O) groups is 1. The fourth-order valence-corrected chi connectivity index (χ4v) is 2.73. The molecular formula is C16H12Cl2O3. The molecule has 2 aromatic carbocycles. The van der Waals surface area contributed by atoms with Gasteiger partial charge in [0.15, 0.2) is 17.3 Å². The van der Waals surface area contributed by atoms with Gasteiger partial charge in [-0.05, 0) is 30.3 Å². The molecule has 0 aromatic heterocycles. The summed E-state index contributed by atoms with van der Waals surface area (Å²) in [6.45, 7) is 1.17. The van der Waals surface area contributed by atoms with Crippen molar-refractivity contribution in [2.75, 3.05) is 13.2 Å². The average Bonchev–Trinajstić information content (AvgIpc) is 2.71. The molecule has 5 heteroatoms. The molecule has 0 fully saturated rings. The molecule has 0 aliphatic carbocycles. The number of ether oxygens (including phenoxy) is 2. The van der Waals surface area contributed by atoms with Gasteiger partial charge in [0.25, 0.3) is 0 Å². The molecule has 0 radical (unpaired) electrons. The molecule has 0 spiro atoms. The fourth-order valence-electron chi connectivity index (χ4n) is 2.16. The summed E-state index contributed by atoms with van der Waals surface area (Å²) < 4.78 is 11.1. The maximum Gasteiger partial charge on any atom is 0.196 e. The van der Waals surface area contributed by atoms with Crippen molar-refractivity contribution in [2.24, 2.45) is 0 Å². The van der Waals surface area contributed by atoms with Crippen molar-refractivity contribution in [1.29, 1.82) is 0 Å². The zero-order valence-electron chi connectivity index (χ0n) is 11.1. The average molecular weight is 323 g/mol. The van der Waals surface area contributed by atoms with Crippen LogP contribution in [0.3, 0.4) is 0 Å². The van der Waals surface area contributed by atoms with Gasteiger partial charge in [0.1, 0.15) is 0 Å². The Kier molecular flexibility index (Phi) is 4.04. The van der Waals surface area contributed by atoms with E-state index in [4.69, 9.17) is 32.7 Å². The molecule has 0 N–H and O–H groups in total. The summed E-state index contributed by atoms with van der Waals surface area (Å²) in [4.78, 5) is 12.6. The Morgan fingerprint density at radius 1 is 0.952 bits per heavy atom. The van der Waals surface area contributed by atoms with E-state index in [-0.39, 0.29) is 5.78 Å². The van der Waals surface area contributed by atoms with Crippen LogP contribution in [0.15, 0.2) is 36.4 Å². The van der Waals surface area contributed by atoms with Crippen LogP contribution in [-0.4, -0.2) is 19.0 Å². The molecule has 0 atom stereocenters. The number of rotatable bonds is 2. The number of fused-ring (bicyclic) bond motifs is 1. The first-order valence-corrected chi connectivity index (χ1v) is 7.31. The molecule has 0 bridgehead atoms. The highest BCUT2D eigenvalue weighted by Crippen LogP contribution is 2.33. The predicted octanol–water partition coefficient (Wildman–Crippen LogP) is 4.39. The molecule has 1 aliphatic heterocycles. The second kappa shape index (κ2) is 5.96. The number of carbonyl (C=O) groups excluding carboxylic acids is 1. The SMILES string of the molecule is O=C(c1ccc2c(c1)OCCCO2)c1c(Cl)cccc1Cl. The Morgan fingerprint density at radius 2 is 1.62 bits per heavy atom. The number of ketones is 1. The number of hydrogen-bond acceptors (Lipinski definition) is 3. The summed E-state index contributed by atoms with van der Waals surface area (Å²) in [5, 5.41) is 0.666. The van der Waals surface area contributed by atoms with Crippen molar-refractivity contribution in [2.45, 2.75) is 6.42 Å². The summed E-state index contributed by atoms with van der Waals surface area (Å²) in [6.07, 6.45) is 0.814. The van der Waals surface area contributed by atoms with Crippen LogP contribution < -0.4 is 9.47 Å². The third kappa shape index (κ3) is 2.85. The first kappa shape index (κ1) is 14.2. The van der Waals surface area contributed by atoms with Crippen LogP contribution in [0, 0.1) is 0 Å². The van der Waals surface area contributed by atoms with Gasteiger partial charge in [0.05, 0.1) is 28.8 Å². The van der Waals surface area contributed by atoms with Gasteiger partial charge in [-0.15, -0.1) is 0 Å². The molecule has 0 saturated carbocycles. The van der Waals surface area contributed by atoms with E-state index < -0.39 is 0 Å². The predicted molar refractivity (Wildman–Crippen MR) is 81.9 cm³/mol. The topological polar surface area (TPSA) is 35.5 Å². The van der Waals surface area contributed by atoms with Gasteiger partial charge < -0.3 is 9.47 Å². The number of benzene rings is 2. The van der Waals surface area contributed by atoms with Crippen LogP contribution in [0.4, 0.5) is 0 Å². The molecule has 0 amide bonds. The zero-order chi connectivity index (χ0) is 14.8. The van der Waals surface area contributed by atoms with Crippen molar-refractivity contribution in [3.8, 4) is 11.5 Å². The van der Waals surface area contributed by atoms with Crippen LogP contribution in [0.1, 0.15) is 22.3 Å². The van der Waals surface area contributed by atoms with E-state index in [9.17, 15) is 4.79 Å². The van der Waals surface area contributed by atoms with Gasteiger partial charge in [-0.2, -0.15) is 0 Å². The molecule has 0 saturated heterocycles. The summed E-state index contributed by atoms with van der Waals surface area (Å²) in [5.41, 5.74) is 0.768. The summed E-state index contributed by atoms with van der Waals surface area (Å²) in [5.74, 6) is 0.983. The lowest BCUT2D eigenvalue weighted by molar-refractivity contribution is 0.103. The van der Waals surface area contributed by atoms with E-state index in [1.54, 1.807) is 36.4 Å². The van der Waals surface area contributed by atoms with Gasteiger partial charge in [-0.1, -0.05) is 29.3 Å². The Bertz CT molecular complexity index is 678. The second-order valence-corrected chi connectivity index (χ2v) is 5.45. The van der Waals surface area contributed by atoms with Gasteiger partial charge in [-0.3, -0.25) is 4.79 Å². The van der Waals surface area contributed by atoms with Gasteiger partial charge in [0, 0.05) is 12.0 Å². The third-order valence-electron chi connectivity index (χ3n) is 3.20. The lowest BCUT2D eigenvalue weighted by atomic mass is 10.0. The minimum Gasteiger partial charge on any atom is -0.490 e. The first-order chi connectivity index (χ1) is 10.2. The molecule has 2 aromatic rings. The van der Waals surface area contributed by atoms with E-state index in [0.717, 1.165) is 6.42 Å². The summed E-state index contributed by atoms with van der Waals surface area (Å²) in [7, 11) is 0. The van der Waals surface area contributed by atoms with E-state index >= 15 is 0 Å². The molecule has 108 valence electrons. The summed E-state index contributed by atoms with van der Waals surface area (Å²) >= 11 is 12.2. The molecule has 3 rings (SSSR count). The minimum atomic E-state index is -0.235. The first-order valence-electron chi connectivity index (χ1n) is 6.55. The standard InChI is InChI=1S/C16H12Cl2O3/c17-11-3-1-4-12(18)15(11)16(19)10-5-6-13-14(9-10)21-8-2-7-20-13/h1,3-6,9H,2,7-8H2. The van der Waals surface area contributed by atoms with E-state index in [1.165, 1.54) is 0 Å². The van der Waals surface area contributed by atoms with Crippen LogP contribution in [0.5, 0.6) is 11.5 Å². The van der Waals surface area contributed by atoms with E-state index in [2.05, 4.69) is 0 Å². The van der Waals surface area contributed by atoms with E-state index in [1.807, 2.05) is 0 Å². The van der Waals surface area contributed by atoms with Crippen LogP contribution in [0.25, 0.3) is 0 Å². The highest BCUT2D eigenvalue weighted by atomic mass is 35.5. The van der Waals surface area contributed by atoms with Crippen molar-refractivity contribution < 1.29 is 14.3 Å². The van der Waals surface area contributed by atoms with Gasteiger partial charge in [-0.25, -0.2) is 0 Å². The number of halogens is 2. The molecule has 3 nitrogen and oxygen atoms in total. The lowest BCUT2D eigenvalue weighted by Gasteiger charge is -2.10. The Balaban J connectivity index is 2.01. The fraction of sp³-hybridized carbons (Fsp3) is 0.188. The molecular weight excluding hydrogens is 311 g/mol. The smallest absolute Gasteiger partial charge is 0.196 e. The third-order valence-corrected chi connectivity index (χ3v) is 3.83. The molecule has 21 heavy (non-hydrogen) atoms.